The first-order chi connectivity index (χ1) is 13.7. The smallest absolute Gasteiger partial charge is 0.198 e. The molecule has 0 amide bonds. The van der Waals surface area contributed by atoms with Gasteiger partial charge in [0.2, 0.25) is 0 Å². The maximum absolute atomic E-state index is 4.60. The lowest BCUT2D eigenvalue weighted by Crippen LogP contribution is -2.06. The lowest BCUT2D eigenvalue weighted by Gasteiger charge is -2.08. The number of nitrogens with zero attached hydrogens (tertiary/aromatic N) is 7. The van der Waals surface area contributed by atoms with Crippen LogP contribution in [0.2, 0.25) is 0 Å². The molecule has 1 N–H and O–H groups in total. The minimum atomic E-state index is 0.555. The molecule has 0 unspecified atom stereocenters. The van der Waals surface area contributed by atoms with E-state index in [1.54, 1.807) is 6.20 Å². The maximum atomic E-state index is 4.60. The molecule has 8 nitrogen and oxygen atoms in total. The Hall–Kier alpha value is -3.42. The molecule has 0 atom stereocenters. The fourth-order valence-electron chi connectivity index (χ4n) is 3.19. The number of pyridine rings is 1. The molecule has 0 fully saturated rings. The Morgan fingerprint density at radius 2 is 1.96 bits per heavy atom. The summed E-state index contributed by atoms with van der Waals surface area (Å²) in [7, 11) is 0. The Morgan fingerprint density at radius 3 is 2.71 bits per heavy atom. The summed E-state index contributed by atoms with van der Waals surface area (Å²) in [6.45, 7) is 5.04. The Kier molecular flexibility index (Phi) is 5.18. The molecule has 0 aliphatic carbocycles. The van der Waals surface area contributed by atoms with Crippen molar-refractivity contribution in [2.45, 2.75) is 39.7 Å². The monoisotopic (exact) mass is 374 g/mol. The minimum Gasteiger partial charge on any atom is -0.252 e. The standard InChI is InChI=1S/C20H22N8/c1-3-4-12-28-18(22-14(2)25-28)13-15-7-9-16(10-8-15)17-6-5-11-21-19(17)20-23-26-27-24-20/h5-11H,3-4,12-13H2,1-2H3,(H,23,24,26,27). The van der Waals surface area contributed by atoms with Crippen molar-refractivity contribution >= 4 is 0 Å². The first-order valence-corrected chi connectivity index (χ1v) is 9.43. The zero-order valence-electron chi connectivity index (χ0n) is 16.0. The SMILES string of the molecule is CCCCn1nc(C)nc1Cc1ccc(-c2cccnc2-c2nnn[nH]2)cc1. The van der Waals surface area contributed by atoms with E-state index in [4.69, 9.17) is 0 Å². The second kappa shape index (κ2) is 8.08. The van der Waals surface area contributed by atoms with Crippen LogP contribution in [0.25, 0.3) is 22.6 Å². The molecule has 0 radical (unpaired) electrons. The third kappa shape index (κ3) is 3.80. The van der Waals surface area contributed by atoms with Crippen LogP contribution in [0.4, 0.5) is 0 Å². The summed E-state index contributed by atoms with van der Waals surface area (Å²) in [5.41, 5.74) is 3.97. The van der Waals surface area contributed by atoms with Gasteiger partial charge in [-0.1, -0.05) is 43.7 Å². The van der Waals surface area contributed by atoms with Crippen LogP contribution in [0.5, 0.6) is 0 Å². The first kappa shape index (κ1) is 18.0. The molecule has 0 spiro atoms. The Labute approximate surface area is 163 Å². The summed E-state index contributed by atoms with van der Waals surface area (Å²) in [6.07, 6.45) is 4.74. The van der Waals surface area contributed by atoms with Crippen molar-refractivity contribution in [3.05, 3.63) is 59.8 Å². The normalized spacial score (nSPS) is 11.1. The number of aromatic nitrogens is 8. The summed E-state index contributed by atoms with van der Waals surface area (Å²) < 4.78 is 2.03. The summed E-state index contributed by atoms with van der Waals surface area (Å²) in [5, 5.41) is 18.6. The molecule has 0 aliphatic heterocycles. The van der Waals surface area contributed by atoms with Crippen molar-refractivity contribution in [2.24, 2.45) is 0 Å². The average Bonchev–Trinajstić information content (AvgIpc) is 3.37. The highest BCUT2D eigenvalue weighted by atomic mass is 15.5. The molecule has 0 saturated heterocycles. The third-order valence-electron chi connectivity index (χ3n) is 4.58. The lowest BCUT2D eigenvalue weighted by molar-refractivity contribution is 0.547. The number of H-pyrrole nitrogens is 1. The van der Waals surface area contributed by atoms with Crippen LogP contribution in [0.15, 0.2) is 42.6 Å². The fraction of sp³-hybridized carbons (Fsp3) is 0.300. The van der Waals surface area contributed by atoms with Gasteiger partial charge in [-0.15, -0.1) is 5.10 Å². The number of hydrogen-bond donors (Lipinski definition) is 1. The van der Waals surface area contributed by atoms with Gasteiger partial charge in [0.05, 0.1) is 0 Å². The van der Waals surface area contributed by atoms with Crippen molar-refractivity contribution < 1.29 is 0 Å². The van der Waals surface area contributed by atoms with Crippen LogP contribution in [0.3, 0.4) is 0 Å². The van der Waals surface area contributed by atoms with Gasteiger partial charge >= 0.3 is 0 Å². The van der Waals surface area contributed by atoms with E-state index in [9.17, 15) is 0 Å². The van der Waals surface area contributed by atoms with Gasteiger partial charge in [0.15, 0.2) is 5.82 Å². The van der Waals surface area contributed by atoms with Gasteiger partial charge in [0.1, 0.15) is 17.3 Å². The zero-order chi connectivity index (χ0) is 19.3. The average molecular weight is 374 g/mol. The van der Waals surface area contributed by atoms with Gasteiger partial charge in [0.25, 0.3) is 0 Å². The van der Waals surface area contributed by atoms with Crippen LogP contribution in [0.1, 0.15) is 37.0 Å². The molecular weight excluding hydrogens is 352 g/mol. The molecule has 4 aromatic rings. The van der Waals surface area contributed by atoms with E-state index in [0.29, 0.717) is 5.82 Å². The molecule has 0 saturated carbocycles. The second-order valence-electron chi connectivity index (χ2n) is 6.68. The van der Waals surface area contributed by atoms with Crippen molar-refractivity contribution in [2.75, 3.05) is 0 Å². The minimum absolute atomic E-state index is 0.555. The molecule has 8 heteroatoms. The van der Waals surface area contributed by atoms with Crippen LogP contribution in [-0.4, -0.2) is 40.4 Å². The number of unbranched alkanes of at least 4 members (excludes halogenated alkanes) is 1. The quantitative estimate of drug-likeness (QED) is 0.533. The van der Waals surface area contributed by atoms with Gasteiger partial charge in [-0.3, -0.25) is 4.98 Å². The zero-order valence-corrected chi connectivity index (χ0v) is 16.0. The molecule has 0 aliphatic rings. The molecule has 142 valence electrons. The van der Waals surface area contributed by atoms with E-state index in [2.05, 4.69) is 66.9 Å². The van der Waals surface area contributed by atoms with Crippen molar-refractivity contribution in [1.29, 1.82) is 0 Å². The van der Waals surface area contributed by atoms with Gasteiger partial charge in [0, 0.05) is 24.7 Å². The van der Waals surface area contributed by atoms with Crippen LogP contribution in [0, 0.1) is 6.92 Å². The van der Waals surface area contributed by atoms with Crippen LogP contribution in [-0.2, 0) is 13.0 Å². The number of tetrazole rings is 1. The second-order valence-corrected chi connectivity index (χ2v) is 6.68. The van der Waals surface area contributed by atoms with Crippen LogP contribution < -0.4 is 0 Å². The lowest BCUT2D eigenvalue weighted by atomic mass is 10.0. The number of hydrogen-bond acceptors (Lipinski definition) is 6. The molecule has 4 rings (SSSR count). The van der Waals surface area contributed by atoms with E-state index in [1.807, 2.05) is 23.7 Å². The van der Waals surface area contributed by atoms with Crippen molar-refractivity contribution in [3.8, 4) is 22.6 Å². The largest absolute Gasteiger partial charge is 0.252 e. The summed E-state index contributed by atoms with van der Waals surface area (Å²) in [6, 6.07) is 12.4. The molecule has 3 heterocycles. The van der Waals surface area contributed by atoms with Gasteiger partial charge in [-0.2, -0.15) is 5.10 Å². The predicted octanol–water partition coefficient (Wildman–Crippen LogP) is 3.22. The molecular formula is C20H22N8. The van der Waals surface area contributed by atoms with Crippen LogP contribution >= 0.6 is 0 Å². The predicted molar refractivity (Wildman–Crippen MR) is 105 cm³/mol. The Bertz CT molecular complexity index is 1030. The van der Waals surface area contributed by atoms with E-state index < -0.39 is 0 Å². The maximum Gasteiger partial charge on any atom is 0.198 e. The highest BCUT2D eigenvalue weighted by molar-refractivity contribution is 5.77. The Morgan fingerprint density at radius 1 is 1.11 bits per heavy atom. The first-order valence-electron chi connectivity index (χ1n) is 9.43. The van der Waals surface area contributed by atoms with Gasteiger partial charge in [-0.05, 0) is 41.0 Å². The van der Waals surface area contributed by atoms with E-state index in [0.717, 1.165) is 54.3 Å². The van der Waals surface area contributed by atoms with E-state index in [1.165, 1.54) is 5.56 Å². The summed E-state index contributed by atoms with van der Waals surface area (Å²) in [4.78, 5) is 9.04. The fourth-order valence-corrected chi connectivity index (χ4v) is 3.19. The Balaban J connectivity index is 1.58. The van der Waals surface area contributed by atoms with Crippen molar-refractivity contribution in [1.82, 2.24) is 40.4 Å². The highest BCUT2D eigenvalue weighted by Gasteiger charge is 2.12. The number of nitrogens with one attached hydrogen (secondary N) is 1. The van der Waals surface area contributed by atoms with Gasteiger partial charge < -0.3 is 0 Å². The third-order valence-corrected chi connectivity index (χ3v) is 4.58. The number of rotatable bonds is 7. The number of aromatic amines is 1. The molecule has 3 aromatic heterocycles. The summed E-state index contributed by atoms with van der Waals surface area (Å²) >= 11 is 0. The number of benzene rings is 1. The number of aryl methyl sites for hydroxylation is 2. The molecule has 0 bridgehead atoms. The molecule has 28 heavy (non-hydrogen) atoms. The summed E-state index contributed by atoms with van der Waals surface area (Å²) in [5.74, 6) is 2.39. The molecule has 1 aromatic carbocycles. The van der Waals surface area contributed by atoms with Gasteiger partial charge in [-0.25, -0.2) is 14.8 Å². The highest BCUT2D eigenvalue weighted by Crippen LogP contribution is 2.28. The van der Waals surface area contributed by atoms with E-state index >= 15 is 0 Å². The van der Waals surface area contributed by atoms with E-state index in [-0.39, 0.29) is 0 Å². The van der Waals surface area contributed by atoms with Crippen molar-refractivity contribution in [3.63, 3.8) is 0 Å². The topological polar surface area (TPSA) is 98.1 Å².